The molecule has 3 aromatic heterocycles. The lowest BCUT2D eigenvalue weighted by Crippen LogP contribution is -2.21. The molecule has 0 aliphatic carbocycles. The number of H-pyrrole nitrogens is 1. The minimum absolute atomic E-state index is 0.0372. The van der Waals surface area contributed by atoms with E-state index < -0.39 is 18.1 Å². The summed E-state index contributed by atoms with van der Waals surface area (Å²) in [4.78, 5) is 28.8. The zero-order valence-corrected chi connectivity index (χ0v) is 16.2. The van der Waals surface area contributed by atoms with Gasteiger partial charge in [0.2, 0.25) is 0 Å². The summed E-state index contributed by atoms with van der Waals surface area (Å²) in [5.74, 6) is -1.03. The molecule has 1 aromatic carbocycles. The summed E-state index contributed by atoms with van der Waals surface area (Å²) in [5, 5.41) is 9.11. The number of nitrogens with one attached hydrogen (secondary N) is 2. The smallest absolute Gasteiger partial charge is 0.280 e. The number of amides is 1. The molecular formula is C21H16F3N5O2. The lowest BCUT2D eigenvalue weighted by atomic mass is 10.1. The molecular weight excluding hydrogens is 411 g/mol. The summed E-state index contributed by atoms with van der Waals surface area (Å²) in [6.45, 7) is 0.0372. The van der Waals surface area contributed by atoms with E-state index >= 15 is 0 Å². The summed E-state index contributed by atoms with van der Waals surface area (Å²) in [6, 6.07) is 7.03. The van der Waals surface area contributed by atoms with Crippen LogP contribution in [-0.4, -0.2) is 32.7 Å². The number of aromatic amines is 1. The molecule has 0 fully saturated rings. The van der Waals surface area contributed by atoms with Crippen LogP contribution in [0.1, 0.15) is 28.0 Å². The van der Waals surface area contributed by atoms with Gasteiger partial charge in [-0.05, 0) is 41.3 Å². The predicted molar refractivity (Wildman–Crippen MR) is 107 cm³/mol. The molecule has 3 heterocycles. The summed E-state index contributed by atoms with van der Waals surface area (Å²) in [7, 11) is 1.44. The van der Waals surface area contributed by atoms with Gasteiger partial charge in [0.1, 0.15) is 11.5 Å². The van der Waals surface area contributed by atoms with Crippen molar-refractivity contribution >= 4 is 16.7 Å². The normalized spacial score (nSPS) is 11.3. The largest absolute Gasteiger partial charge is 0.355 e. The molecule has 10 heteroatoms. The van der Waals surface area contributed by atoms with Crippen LogP contribution in [0.4, 0.5) is 13.2 Å². The maximum Gasteiger partial charge on any atom is 0.280 e. The van der Waals surface area contributed by atoms with Crippen molar-refractivity contribution in [2.24, 2.45) is 0 Å². The van der Waals surface area contributed by atoms with E-state index in [1.165, 1.54) is 48.4 Å². The second kappa shape index (κ2) is 8.05. The monoisotopic (exact) mass is 427 g/mol. The van der Waals surface area contributed by atoms with Gasteiger partial charge in [0, 0.05) is 30.6 Å². The molecule has 0 spiro atoms. The quantitative estimate of drug-likeness (QED) is 0.511. The maximum atomic E-state index is 13.9. The molecule has 0 unspecified atom stereocenters. The number of halogens is 3. The lowest BCUT2D eigenvalue weighted by molar-refractivity contribution is 0.0962. The van der Waals surface area contributed by atoms with Gasteiger partial charge in [0.15, 0.2) is 0 Å². The van der Waals surface area contributed by atoms with Gasteiger partial charge in [-0.25, -0.2) is 13.2 Å². The number of carbonyl (C=O) groups excluding carboxylic acids is 1. The fourth-order valence-electron chi connectivity index (χ4n) is 3.33. The van der Waals surface area contributed by atoms with Crippen LogP contribution in [0.5, 0.6) is 0 Å². The number of pyridine rings is 2. The first-order valence-electron chi connectivity index (χ1n) is 9.20. The topological polar surface area (TPSA) is 92.7 Å². The molecule has 0 aliphatic rings. The third kappa shape index (κ3) is 3.91. The van der Waals surface area contributed by atoms with Gasteiger partial charge in [-0.15, -0.1) is 0 Å². The van der Waals surface area contributed by atoms with Crippen LogP contribution in [0.25, 0.3) is 22.0 Å². The minimum Gasteiger partial charge on any atom is -0.355 e. The number of hydrogen-bond donors (Lipinski definition) is 2. The van der Waals surface area contributed by atoms with Gasteiger partial charge >= 0.3 is 0 Å². The number of nitrogens with zero attached hydrogens (tertiary/aromatic N) is 3. The highest BCUT2D eigenvalue weighted by atomic mass is 19.3. The zero-order chi connectivity index (χ0) is 22.1. The Bertz CT molecular complexity index is 1350. The third-order valence-corrected chi connectivity index (χ3v) is 4.82. The summed E-state index contributed by atoms with van der Waals surface area (Å²) < 4.78 is 41.5. The van der Waals surface area contributed by atoms with Gasteiger partial charge in [-0.2, -0.15) is 5.10 Å². The third-order valence-electron chi connectivity index (χ3n) is 4.82. The Morgan fingerprint density at radius 1 is 1.23 bits per heavy atom. The van der Waals surface area contributed by atoms with Crippen LogP contribution < -0.4 is 10.9 Å². The van der Waals surface area contributed by atoms with Crippen molar-refractivity contribution in [1.82, 2.24) is 25.1 Å². The van der Waals surface area contributed by atoms with Crippen LogP contribution in [0.2, 0.25) is 0 Å². The van der Waals surface area contributed by atoms with Crippen molar-refractivity contribution in [3.8, 4) is 11.3 Å². The Morgan fingerprint density at radius 2 is 2.03 bits per heavy atom. The zero-order valence-electron chi connectivity index (χ0n) is 16.2. The number of aromatic nitrogens is 4. The highest BCUT2D eigenvalue weighted by molar-refractivity contribution is 5.94. The second-order valence-corrected chi connectivity index (χ2v) is 6.83. The molecule has 2 N–H and O–H groups in total. The lowest BCUT2D eigenvalue weighted by Gasteiger charge is -2.10. The van der Waals surface area contributed by atoms with Crippen LogP contribution >= 0.6 is 0 Å². The Labute approximate surface area is 173 Å². The molecule has 158 valence electrons. The van der Waals surface area contributed by atoms with E-state index in [1.807, 2.05) is 0 Å². The van der Waals surface area contributed by atoms with Gasteiger partial charge in [0.25, 0.3) is 17.9 Å². The van der Waals surface area contributed by atoms with Crippen LogP contribution in [-0.2, 0) is 6.54 Å². The van der Waals surface area contributed by atoms with Crippen molar-refractivity contribution in [3.05, 3.63) is 81.9 Å². The molecule has 0 saturated heterocycles. The number of benzene rings is 1. The highest BCUT2D eigenvalue weighted by Gasteiger charge is 2.18. The van der Waals surface area contributed by atoms with Gasteiger partial charge < -0.3 is 9.88 Å². The van der Waals surface area contributed by atoms with E-state index in [0.29, 0.717) is 10.9 Å². The van der Waals surface area contributed by atoms with E-state index in [0.717, 1.165) is 6.07 Å². The fourth-order valence-corrected chi connectivity index (χ4v) is 3.33. The Morgan fingerprint density at radius 3 is 2.77 bits per heavy atom. The van der Waals surface area contributed by atoms with Crippen molar-refractivity contribution in [3.63, 3.8) is 0 Å². The number of fused-ring (bicyclic) bond motifs is 1. The van der Waals surface area contributed by atoms with Gasteiger partial charge in [0.05, 0.1) is 23.8 Å². The summed E-state index contributed by atoms with van der Waals surface area (Å²) in [5.41, 5.74) is 0.260. The molecule has 0 bridgehead atoms. The number of alkyl halides is 2. The Balaban J connectivity index is 1.71. The van der Waals surface area contributed by atoms with E-state index in [1.54, 1.807) is 6.07 Å². The molecule has 0 radical (unpaired) electrons. The average molecular weight is 427 g/mol. The van der Waals surface area contributed by atoms with Crippen molar-refractivity contribution in [2.75, 3.05) is 7.05 Å². The Kier molecular flexibility index (Phi) is 5.28. The molecule has 31 heavy (non-hydrogen) atoms. The molecule has 0 saturated carbocycles. The van der Waals surface area contributed by atoms with Crippen LogP contribution in [0.15, 0.2) is 53.7 Å². The molecule has 0 aliphatic heterocycles. The minimum atomic E-state index is -2.74. The van der Waals surface area contributed by atoms with E-state index in [9.17, 15) is 22.8 Å². The number of hydrogen-bond acceptors (Lipinski definition) is 4. The van der Waals surface area contributed by atoms with Crippen molar-refractivity contribution in [1.29, 1.82) is 0 Å². The fraction of sp³-hybridized carbons (Fsp3) is 0.143. The van der Waals surface area contributed by atoms with Crippen LogP contribution in [0, 0.1) is 5.82 Å². The SMILES string of the molecule is CNC(=O)c1cc(F)cc(Cn2ccc3cc(-c4cn[nH]c4C(F)F)ncc3c2=O)c1. The first-order valence-corrected chi connectivity index (χ1v) is 9.20. The number of rotatable bonds is 5. The van der Waals surface area contributed by atoms with Crippen LogP contribution in [0.3, 0.4) is 0 Å². The van der Waals surface area contributed by atoms with E-state index in [2.05, 4.69) is 20.5 Å². The van der Waals surface area contributed by atoms with Crippen molar-refractivity contribution in [2.45, 2.75) is 13.0 Å². The standard InChI is InChI=1S/C21H16F3N5O2/c1-25-20(30)13-4-11(5-14(22)6-13)10-29-3-2-12-7-17(26-8-15(12)21(29)31)16-9-27-28-18(16)19(23)24/h2-9,19H,10H2,1H3,(H,25,30)(H,27,28). The highest BCUT2D eigenvalue weighted by Crippen LogP contribution is 2.29. The summed E-state index contributed by atoms with van der Waals surface area (Å²) in [6.07, 6.45) is 1.34. The first-order chi connectivity index (χ1) is 14.9. The van der Waals surface area contributed by atoms with Crippen molar-refractivity contribution < 1.29 is 18.0 Å². The first kappa shape index (κ1) is 20.3. The average Bonchev–Trinajstić information content (AvgIpc) is 3.25. The van der Waals surface area contributed by atoms with Gasteiger partial charge in [-0.1, -0.05) is 0 Å². The molecule has 1 amide bonds. The number of carbonyl (C=O) groups is 1. The van der Waals surface area contributed by atoms with E-state index in [4.69, 9.17) is 0 Å². The molecule has 4 aromatic rings. The predicted octanol–water partition coefficient (Wildman–Crippen LogP) is 3.27. The second-order valence-electron chi connectivity index (χ2n) is 6.83. The summed E-state index contributed by atoms with van der Waals surface area (Å²) >= 11 is 0. The molecule has 7 nitrogen and oxygen atoms in total. The molecule has 0 atom stereocenters. The molecule has 4 rings (SSSR count). The van der Waals surface area contributed by atoms with Gasteiger partial charge in [-0.3, -0.25) is 19.7 Å². The maximum absolute atomic E-state index is 13.9. The Hall–Kier alpha value is -3.95. The van der Waals surface area contributed by atoms with E-state index in [-0.39, 0.29) is 40.0 Å².